The molecule has 0 bridgehead atoms. The molecular formula is C32H36N4O8. The van der Waals surface area contributed by atoms with Gasteiger partial charge in [-0.2, -0.15) is 0 Å². The molecule has 1 fully saturated rings. The number of nitrogens with zero attached hydrogens (tertiary/aromatic N) is 2. The van der Waals surface area contributed by atoms with E-state index in [2.05, 4.69) is 10.6 Å². The zero-order valence-electron chi connectivity index (χ0n) is 25.2. The fourth-order valence-corrected chi connectivity index (χ4v) is 5.85. The molecule has 3 amide bonds. The minimum Gasteiger partial charge on any atom is -0.493 e. The monoisotopic (exact) mass is 604 g/mol. The van der Waals surface area contributed by atoms with Crippen LogP contribution < -0.4 is 30.3 Å². The van der Waals surface area contributed by atoms with Crippen LogP contribution in [-0.4, -0.2) is 81.6 Å². The van der Waals surface area contributed by atoms with Crippen LogP contribution in [0.15, 0.2) is 51.9 Å². The topological polar surface area (TPSA) is 140 Å². The fraction of sp³-hybridized carbons (Fsp3) is 0.375. The predicted molar refractivity (Wildman–Crippen MR) is 162 cm³/mol. The molecule has 2 N–H and O–H groups in total. The Morgan fingerprint density at radius 3 is 2.32 bits per heavy atom. The number of hydrogen-bond acceptors (Lipinski definition) is 9. The van der Waals surface area contributed by atoms with Crippen molar-refractivity contribution in [1.29, 1.82) is 0 Å². The van der Waals surface area contributed by atoms with Gasteiger partial charge in [0.1, 0.15) is 0 Å². The van der Waals surface area contributed by atoms with Gasteiger partial charge in [-0.1, -0.05) is 6.07 Å². The SMILES string of the molecule is COc1cc2c(c(OC)c1OC)-c1ccc(NCC(=O)N3CCN(C(=O)c4ccco4)CC3)c(=O)cc1C(NC(C)=O)CC2. The van der Waals surface area contributed by atoms with Gasteiger partial charge in [-0.15, -0.1) is 0 Å². The lowest BCUT2D eigenvalue weighted by Crippen LogP contribution is -2.51. The molecule has 0 saturated carbocycles. The number of rotatable bonds is 8. The van der Waals surface area contributed by atoms with Gasteiger partial charge < -0.3 is 39.1 Å². The maximum absolute atomic E-state index is 13.5. The van der Waals surface area contributed by atoms with Crippen molar-refractivity contribution in [3.8, 4) is 28.4 Å². The van der Waals surface area contributed by atoms with Gasteiger partial charge in [-0.25, -0.2) is 0 Å². The van der Waals surface area contributed by atoms with Gasteiger partial charge >= 0.3 is 0 Å². The highest BCUT2D eigenvalue weighted by molar-refractivity contribution is 5.91. The number of hydrogen-bond donors (Lipinski definition) is 2. The molecule has 1 aliphatic heterocycles. The smallest absolute Gasteiger partial charge is 0.289 e. The van der Waals surface area contributed by atoms with Gasteiger partial charge in [0.15, 0.2) is 17.3 Å². The molecule has 2 heterocycles. The van der Waals surface area contributed by atoms with Gasteiger partial charge in [0, 0.05) is 38.7 Å². The van der Waals surface area contributed by atoms with E-state index in [4.69, 9.17) is 18.6 Å². The quantitative estimate of drug-likeness (QED) is 0.397. The molecule has 5 rings (SSSR count). The van der Waals surface area contributed by atoms with Crippen molar-refractivity contribution in [2.75, 3.05) is 59.4 Å². The number of carbonyl (C=O) groups is 3. The van der Waals surface area contributed by atoms with Crippen LogP contribution >= 0.6 is 0 Å². The molecule has 44 heavy (non-hydrogen) atoms. The number of amides is 3. The molecular weight excluding hydrogens is 568 g/mol. The summed E-state index contributed by atoms with van der Waals surface area (Å²) in [6, 6.07) is 9.68. The van der Waals surface area contributed by atoms with Crippen LogP contribution in [0, 0.1) is 0 Å². The molecule has 0 spiro atoms. The van der Waals surface area contributed by atoms with E-state index in [0.717, 1.165) is 11.1 Å². The van der Waals surface area contributed by atoms with Crippen LogP contribution in [0.4, 0.5) is 5.69 Å². The summed E-state index contributed by atoms with van der Waals surface area (Å²) in [5, 5.41) is 6.00. The van der Waals surface area contributed by atoms with E-state index in [1.165, 1.54) is 26.4 Å². The van der Waals surface area contributed by atoms with E-state index < -0.39 is 6.04 Å². The Balaban J connectivity index is 1.41. The lowest BCUT2D eigenvalue weighted by Gasteiger charge is -2.34. The molecule has 1 atom stereocenters. The summed E-state index contributed by atoms with van der Waals surface area (Å²) in [6.45, 7) is 2.84. The summed E-state index contributed by atoms with van der Waals surface area (Å²) in [6.07, 6.45) is 2.58. The molecule has 3 aromatic rings. The number of aryl methyl sites for hydroxylation is 1. The maximum atomic E-state index is 13.5. The standard InChI is InChI=1S/C32H36N4O8/c1-19(37)34-23-9-7-20-16-27(41-2)30(42-3)31(43-4)29(20)21-8-10-24(25(38)17-22(21)23)33-18-28(39)35-11-13-36(14-12-35)32(40)26-6-5-15-44-26/h5-6,8,10,15-17,23H,7,9,11-14,18H2,1-4H3,(H,33,38)(H,34,37). The summed E-state index contributed by atoms with van der Waals surface area (Å²) >= 11 is 0. The number of furan rings is 1. The van der Waals surface area contributed by atoms with Crippen molar-refractivity contribution in [3.05, 3.63) is 69.8 Å². The number of methoxy groups -OCH3 is 3. The van der Waals surface area contributed by atoms with Crippen LogP contribution in [0.3, 0.4) is 0 Å². The molecule has 12 heteroatoms. The Morgan fingerprint density at radius 1 is 0.955 bits per heavy atom. The average molecular weight is 605 g/mol. The minimum absolute atomic E-state index is 0.101. The Bertz CT molecular complexity index is 1610. The van der Waals surface area contributed by atoms with E-state index in [0.29, 0.717) is 67.4 Å². The summed E-state index contributed by atoms with van der Waals surface area (Å²) in [7, 11) is 4.62. The number of nitrogens with one attached hydrogen (secondary N) is 2. The van der Waals surface area contributed by atoms with E-state index >= 15 is 0 Å². The Hall–Kier alpha value is -5.00. The lowest BCUT2D eigenvalue weighted by molar-refractivity contribution is -0.130. The lowest BCUT2D eigenvalue weighted by atomic mass is 9.95. The maximum Gasteiger partial charge on any atom is 0.289 e. The zero-order valence-corrected chi connectivity index (χ0v) is 25.2. The first-order chi connectivity index (χ1) is 21.2. The first kappa shape index (κ1) is 30.5. The third-order valence-corrected chi connectivity index (χ3v) is 8.00. The summed E-state index contributed by atoms with van der Waals surface area (Å²) in [5.41, 5.74) is 2.90. The van der Waals surface area contributed by atoms with E-state index in [-0.39, 0.29) is 41.1 Å². The van der Waals surface area contributed by atoms with Crippen LogP contribution in [0.5, 0.6) is 17.2 Å². The number of carbonyl (C=O) groups excluding carboxylic acids is 3. The number of anilines is 1. The second-order valence-electron chi connectivity index (χ2n) is 10.6. The first-order valence-electron chi connectivity index (χ1n) is 14.4. The molecule has 1 aliphatic carbocycles. The number of benzene rings is 1. The first-order valence-corrected chi connectivity index (χ1v) is 14.4. The third kappa shape index (κ3) is 6.05. The van der Waals surface area contributed by atoms with Crippen molar-refractivity contribution in [2.45, 2.75) is 25.8 Å². The minimum atomic E-state index is -0.439. The molecule has 1 saturated heterocycles. The van der Waals surface area contributed by atoms with Gasteiger partial charge in [-0.3, -0.25) is 19.2 Å². The van der Waals surface area contributed by atoms with E-state index in [1.807, 2.05) is 6.07 Å². The Kier molecular flexibility index (Phi) is 9.07. The second-order valence-corrected chi connectivity index (χ2v) is 10.6. The molecule has 0 radical (unpaired) electrons. The molecule has 1 unspecified atom stereocenters. The highest BCUT2D eigenvalue weighted by atomic mass is 16.5. The van der Waals surface area contributed by atoms with Crippen LogP contribution in [0.25, 0.3) is 11.1 Å². The highest BCUT2D eigenvalue weighted by Crippen LogP contribution is 2.50. The Labute approximate surface area is 254 Å². The fourth-order valence-electron chi connectivity index (χ4n) is 5.85. The van der Waals surface area contributed by atoms with Gasteiger partial charge in [0.2, 0.25) is 23.0 Å². The van der Waals surface area contributed by atoms with Crippen molar-refractivity contribution >= 4 is 23.4 Å². The van der Waals surface area contributed by atoms with E-state index in [1.54, 1.807) is 48.3 Å². The van der Waals surface area contributed by atoms with Crippen LogP contribution in [0.1, 0.15) is 41.1 Å². The highest BCUT2D eigenvalue weighted by Gasteiger charge is 2.30. The molecule has 232 valence electrons. The number of fused-ring (bicyclic) bond motifs is 3. The molecule has 2 aromatic carbocycles. The zero-order chi connectivity index (χ0) is 31.4. The predicted octanol–water partition coefficient (Wildman–Crippen LogP) is 2.85. The summed E-state index contributed by atoms with van der Waals surface area (Å²) < 4.78 is 22.2. The van der Waals surface area contributed by atoms with Crippen molar-refractivity contribution in [1.82, 2.24) is 15.1 Å². The number of piperazine rings is 1. The van der Waals surface area contributed by atoms with Crippen molar-refractivity contribution in [2.24, 2.45) is 0 Å². The molecule has 1 aromatic heterocycles. The van der Waals surface area contributed by atoms with Gasteiger partial charge in [0.25, 0.3) is 5.91 Å². The van der Waals surface area contributed by atoms with Crippen molar-refractivity contribution in [3.63, 3.8) is 0 Å². The van der Waals surface area contributed by atoms with Gasteiger partial charge in [0.05, 0.1) is 45.9 Å². The van der Waals surface area contributed by atoms with Crippen LogP contribution in [0.2, 0.25) is 0 Å². The summed E-state index contributed by atoms with van der Waals surface area (Å²) in [5.74, 6) is 1.04. The summed E-state index contributed by atoms with van der Waals surface area (Å²) in [4.78, 5) is 54.6. The van der Waals surface area contributed by atoms with Crippen LogP contribution in [-0.2, 0) is 16.0 Å². The van der Waals surface area contributed by atoms with E-state index in [9.17, 15) is 19.2 Å². The average Bonchev–Trinajstić information content (AvgIpc) is 3.47. The van der Waals surface area contributed by atoms with Crippen molar-refractivity contribution < 1.29 is 33.0 Å². The third-order valence-electron chi connectivity index (χ3n) is 8.00. The number of ether oxygens (including phenoxy) is 3. The molecule has 12 nitrogen and oxygen atoms in total. The largest absolute Gasteiger partial charge is 0.493 e. The second kappa shape index (κ2) is 13.1. The normalized spacial score (nSPS) is 15.8. The Morgan fingerprint density at radius 2 is 1.68 bits per heavy atom. The van der Waals surface area contributed by atoms with Gasteiger partial charge in [-0.05, 0) is 59.9 Å². The molecule has 2 aliphatic rings.